The Bertz CT molecular complexity index is 1010. The minimum absolute atomic E-state index is 0.0575. The first-order valence-electron chi connectivity index (χ1n) is 9.47. The molecule has 2 aromatic carbocycles. The highest BCUT2D eigenvalue weighted by Gasteiger charge is 2.51. The lowest BCUT2D eigenvalue weighted by Gasteiger charge is -2.38. The number of nitrogens with one attached hydrogen (secondary N) is 2. The molecule has 10 heteroatoms. The molecule has 0 saturated carbocycles. The second-order valence-corrected chi connectivity index (χ2v) is 9.20. The van der Waals surface area contributed by atoms with Crippen LogP contribution in [0.25, 0.3) is 0 Å². The summed E-state index contributed by atoms with van der Waals surface area (Å²) in [4.78, 5) is 12.4. The van der Waals surface area contributed by atoms with Gasteiger partial charge in [-0.05, 0) is 61.4 Å². The molecule has 4 rings (SSSR count). The zero-order chi connectivity index (χ0) is 21.4. The number of hydrogen-bond acceptors (Lipinski definition) is 6. The van der Waals surface area contributed by atoms with Gasteiger partial charge >= 0.3 is 0 Å². The Labute approximate surface area is 173 Å². The number of hydroxylamine groups is 1. The van der Waals surface area contributed by atoms with Crippen LogP contribution < -0.4 is 14.9 Å². The lowest BCUT2D eigenvalue weighted by atomic mass is 9.87. The highest BCUT2D eigenvalue weighted by atomic mass is 32.2. The molecule has 0 spiro atoms. The molecule has 1 amide bonds. The smallest absolute Gasteiger partial charge is 0.264 e. The number of rotatable bonds is 6. The van der Waals surface area contributed by atoms with Gasteiger partial charge in [0.2, 0.25) is 10.0 Å². The van der Waals surface area contributed by atoms with Crippen molar-refractivity contribution in [2.45, 2.75) is 48.3 Å². The molecule has 3 atom stereocenters. The maximum Gasteiger partial charge on any atom is 0.264 e. The Morgan fingerprint density at radius 1 is 1.03 bits per heavy atom. The number of carbonyl (C=O) groups excluding carboxylic acids is 1. The van der Waals surface area contributed by atoms with E-state index >= 15 is 0 Å². The molecule has 2 heterocycles. The van der Waals surface area contributed by atoms with Crippen LogP contribution in [0.2, 0.25) is 0 Å². The summed E-state index contributed by atoms with van der Waals surface area (Å²) in [6, 6.07) is 11.0. The summed E-state index contributed by atoms with van der Waals surface area (Å²) < 4.78 is 52.7. The number of hydrogen-bond donors (Lipinski definition) is 3. The lowest BCUT2D eigenvalue weighted by molar-refractivity contribution is -0.142. The molecule has 3 N–H and O–H groups in total. The standard InChI is InChI=1S/C20H21FN2O6S/c21-13-1-3-14(4-2-13)28-15-7-9-18(10-8-15)30(26,27)23-20(19(24)22-25)11-16-5-6-17(12-20)29-16/h1-4,7-10,16-17,23,25H,5-6,11-12H2,(H,22,24)/t16-,17+,20?. The minimum atomic E-state index is -4.07. The average molecular weight is 436 g/mol. The molecule has 2 aliphatic heterocycles. The molecular weight excluding hydrogens is 415 g/mol. The third kappa shape index (κ3) is 4.17. The maximum absolute atomic E-state index is 13.0. The van der Waals surface area contributed by atoms with Crippen molar-refractivity contribution in [1.82, 2.24) is 10.2 Å². The van der Waals surface area contributed by atoms with E-state index in [1.54, 1.807) is 5.48 Å². The molecule has 0 radical (unpaired) electrons. The number of amides is 1. The van der Waals surface area contributed by atoms with Crippen molar-refractivity contribution in [2.75, 3.05) is 0 Å². The molecule has 0 aromatic heterocycles. The fourth-order valence-electron chi connectivity index (χ4n) is 4.00. The molecule has 1 unspecified atom stereocenters. The van der Waals surface area contributed by atoms with E-state index in [0.29, 0.717) is 11.5 Å². The molecule has 160 valence electrons. The zero-order valence-electron chi connectivity index (χ0n) is 15.9. The van der Waals surface area contributed by atoms with Crippen molar-refractivity contribution in [1.29, 1.82) is 0 Å². The van der Waals surface area contributed by atoms with Crippen LogP contribution >= 0.6 is 0 Å². The summed E-state index contributed by atoms with van der Waals surface area (Å²) in [6.07, 6.45) is 1.28. The first kappa shape index (κ1) is 20.7. The van der Waals surface area contributed by atoms with Crippen molar-refractivity contribution < 1.29 is 32.3 Å². The zero-order valence-corrected chi connectivity index (χ0v) is 16.7. The molecule has 8 nitrogen and oxygen atoms in total. The van der Waals surface area contributed by atoms with Crippen molar-refractivity contribution >= 4 is 15.9 Å². The second kappa shape index (κ2) is 7.95. The van der Waals surface area contributed by atoms with Crippen LogP contribution in [0.5, 0.6) is 11.5 Å². The van der Waals surface area contributed by atoms with E-state index in [0.717, 1.165) is 12.8 Å². The summed E-state index contributed by atoms with van der Waals surface area (Å²) in [5.41, 5.74) is 0.106. The van der Waals surface area contributed by atoms with Crippen LogP contribution in [-0.4, -0.2) is 37.3 Å². The topological polar surface area (TPSA) is 114 Å². The van der Waals surface area contributed by atoms with Gasteiger partial charge in [0.15, 0.2) is 0 Å². The number of fused-ring (bicyclic) bond motifs is 2. The molecular formula is C20H21FN2O6S. The molecule has 2 aromatic rings. The third-order valence-electron chi connectivity index (χ3n) is 5.40. The van der Waals surface area contributed by atoms with Crippen LogP contribution in [0.15, 0.2) is 53.4 Å². The minimum Gasteiger partial charge on any atom is -0.457 e. The Morgan fingerprint density at radius 2 is 1.57 bits per heavy atom. The van der Waals surface area contributed by atoms with E-state index in [4.69, 9.17) is 9.47 Å². The highest BCUT2D eigenvalue weighted by Crippen LogP contribution is 2.39. The number of sulfonamides is 1. The third-order valence-corrected chi connectivity index (χ3v) is 6.95. The van der Waals surface area contributed by atoms with Crippen molar-refractivity contribution in [3.63, 3.8) is 0 Å². The van der Waals surface area contributed by atoms with Gasteiger partial charge in [0, 0.05) is 12.8 Å². The van der Waals surface area contributed by atoms with Crippen LogP contribution in [0.3, 0.4) is 0 Å². The average Bonchev–Trinajstić information content (AvgIpc) is 3.07. The molecule has 2 fully saturated rings. The summed E-state index contributed by atoms with van der Waals surface area (Å²) in [5.74, 6) is -0.423. The predicted octanol–water partition coefficient (Wildman–Crippen LogP) is 2.48. The largest absolute Gasteiger partial charge is 0.457 e. The van der Waals surface area contributed by atoms with Gasteiger partial charge in [-0.3, -0.25) is 10.0 Å². The van der Waals surface area contributed by atoms with Gasteiger partial charge < -0.3 is 9.47 Å². The Balaban J connectivity index is 1.53. The van der Waals surface area contributed by atoms with Crippen molar-refractivity contribution in [2.24, 2.45) is 0 Å². The fraction of sp³-hybridized carbons (Fsp3) is 0.350. The van der Waals surface area contributed by atoms with Crippen LogP contribution in [0.1, 0.15) is 25.7 Å². The highest BCUT2D eigenvalue weighted by molar-refractivity contribution is 7.89. The maximum atomic E-state index is 13.0. The number of ether oxygens (including phenoxy) is 2. The van der Waals surface area contributed by atoms with Gasteiger partial charge in [-0.1, -0.05) is 0 Å². The number of carbonyl (C=O) groups is 1. The van der Waals surface area contributed by atoms with E-state index in [2.05, 4.69) is 4.72 Å². The molecule has 2 aliphatic rings. The van der Waals surface area contributed by atoms with E-state index in [1.807, 2.05) is 0 Å². The van der Waals surface area contributed by atoms with Crippen molar-refractivity contribution in [3.05, 3.63) is 54.3 Å². The molecule has 30 heavy (non-hydrogen) atoms. The van der Waals surface area contributed by atoms with Crippen LogP contribution in [0.4, 0.5) is 4.39 Å². The predicted molar refractivity (Wildman–Crippen MR) is 103 cm³/mol. The summed E-state index contributed by atoms with van der Waals surface area (Å²) in [5, 5.41) is 9.19. The molecule has 2 saturated heterocycles. The number of halogens is 1. The van der Waals surface area contributed by atoms with Gasteiger partial charge in [0.05, 0.1) is 17.1 Å². The first-order valence-corrected chi connectivity index (χ1v) is 11.0. The van der Waals surface area contributed by atoms with E-state index < -0.39 is 27.3 Å². The summed E-state index contributed by atoms with van der Waals surface area (Å²) in [7, 11) is -4.07. The molecule has 2 bridgehead atoms. The quantitative estimate of drug-likeness (QED) is 0.474. The fourth-order valence-corrected chi connectivity index (χ4v) is 5.39. The van der Waals surface area contributed by atoms with E-state index in [-0.39, 0.29) is 29.9 Å². The first-order chi connectivity index (χ1) is 14.3. The Hall–Kier alpha value is -2.53. The van der Waals surface area contributed by atoms with Crippen LogP contribution in [0, 0.1) is 5.82 Å². The lowest BCUT2D eigenvalue weighted by Crippen LogP contribution is -2.62. The SMILES string of the molecule is O=C(NO)C1(NS(=O)(=O)c2ccc(Oc3ccc(F)cc3)cc2)C[C@H]2CC[C@@H](C1)O2. The normalized spacial score (nSPS) is 25.7. The number of benzene rings is 2. The van der Waals surface area contributed by atoms with Gasteiger partial charge in [-0.25, -0.2) is 18.3 Å². The Morgan fingerprint density at radius 3 is 2.10 bits per heavy atom. The van der Waals surface area contributed by atoms with E-state index in [9.17, 15) is 22.8 Å². The van der Waals surface area contributed by atoms with Crippen molar-refractivity contribution in [3.8, 4) is 11.5 Å². The monoisotopic (exact) mass is 436 g/mol. The van der Waals surface area contributed by atoms with Gasteiger partial charge in [-0.2, -0.15) is 4.72 Å². The summed E-state index contributed by atoms with van der Waals surface area (Å²) in [6.45, 7) is 0. The van der Waals surface area contributed by atoms with Gasteiger partial charge in [0.1, 0.15) is 22.9 Å². The van der Waals surface area contributed by atoms with Gasteiger partial charge in [-0.15, -0.1) is 0 Å². The van der Waals surface area contributed by atoms with Crippen LogP contribution in [-0.2, 0) is 19.6 Å². The summed E-state index contributed by atoms with van der Waals surface area (Å²) >= 11 is 0. The Kier molecular flexibility index (Phi) is 5.49. The molecule has 0 aliphatic carbocycles. The van der Waals surface area contributed by atoms with Gasteiger partial charge in [0.25, 0.3) is 5.91 Å². The van der Waals surface area contributed by atoms with E-state index in [1.165, 1.54) is 48.5 Å². The second-order valence-electron chi connectivity index (χ2n) is 7.52.